The smallest absolute Gasteiger partial charge is 0.129 e. The van der Waals surface area contributed by atoms with E-state index in [9.17, 15) is 0 Å². The van der Waals surface area contributed by atoms with Crippen molar-refractivity contribution < 1.29 is 0 Å². The highest BCUT2D eigenvalue weighted by Gasteiger charge is 2.10. The van der Waals surface area contributed by atoms with E-state index in [0.29, 0.717) is 21.3 Å². The molecule has 0 bridgehead atoms. The molecule has 0 N–H and O–H groups in total. The van der Waals surface area contributed by atoms with Crippen LogP contribution < -0.4 is 0 Å². The lowest BCUT2D eigenvalue weighted by Crippen LogP contribution is -2.06. The molecule has 0 aliphatic carbocycles. The number of rotatable bonds is 4. The van der Waals surface area contributed by atoms with E-state index in [4.69, 9.17) is 23.2 Å². The van der Waals surface area contributed by atoms with Crippen LogP contribution in [0, 0.1) is 5.92 Å². The Morgan fingerprint density at radius 2 is 1.93 bits per heavy atom. The van der Waals surface area contributed by atoms with E-state index >= 15 is 0 Å². The molecule has 1 unspecified atom stereocenters. The van der Waals surface area contributed by atoms with Crippen LogP contribution in [-0.2, 0) is 5.75 Å². The molecule has 1 nitrogen and oxygen atoms in total. The Labute approximate surface area is 106 Å². The van der Waals surface area contributed by atoms with Gasteiger partial charge in [0.15, 0.2) is 0 Å². The lowest BCUT2D eigenvalue weighted by Gasteiger charge is -2.14. The van der Waals surface area contributed by atoms with E-state index in [1.807, 2.05) is 11.8 Å². The molecule has 0 spiro atoms. The fraction of sp³-hybridized carbons (Fsp3) is 0.545. The van der Waals surface area contributed by atoms with Crippen molar-refractivity contribution in [3.63, 3.8) is 0 Å². The van der Waals surface area contributed by atoms with E-state index in [2.05, 4.69) is 25.8 Å². The van der Waals surface area contributed by atoms with Crippen molar-refractivity contribution >= 4 is 35.0 Å². The summed E-state index contributed by atoms with van der Waals surface area (Å²) in [6.07, 6.45) is 0. The first-order chi connectivity index (χ1) is 7.00. The highest BCUT2D eigenvalue weighted by Crippen LogP contribution is 2.26. The Hall–Kier alpha value is 0.0800. The van der Waals surface area contributed by atoms with Crippen LogP contribution >= 0.6 is 35.0 Å². The molecule has 1 rings (SSSR count). The second-order valence-corrected chi connectivity index (χ2v) is 5.98. The fourth-order valence-corrected chi connectivity index (χ4v) is 2.40. The van der Waals surface area contributed by atoms with Crippen molar-refractivity contribution in [2.75, 3.05) is 0 Å². The summed E-state index contributed by atoms with van der Waals surface area (Å²) < 4.78 is 0. The number of hydrogen-bond acceptors (Lipinski definition) is 2. The summed E-state index contributed by atoms with van der Waals surface area (Å²) in [5.41, 5.74) is 0.877. The first-order valence-corrected chi connectivity index (χ1v) is 6.73. The van der Waals surface area contributed by atoms with Gasteiger partial charge in [0.25, 0.3) is 0 Å². The van der Waals surface area contributed by atoms with Crippen LogP contribution in [0.15, 0.2) is 12.1 Å². The molecule has 0 saturated carbocycles. The maximum atomic E-state index is 6.02. The average molecular weight is 264 g/mol. The highest BCUT2D eigenvalue weighted by molar-refractivity contribution is 7.99. The van der Waals surface area contributed by atoms with Crippen molar-refractivity contribution in [1.29, 1.82) is 0 Å². The molecule has 4 heteroatoms. The highest BCUT2D eigenvalue weighted by atomic mass is 35.5. The summed E-state index contributed by atoms with van der Waals surface area (Å²) in [4.78, 5) is 4.22. The van der Waals surface area contributed by atoms with Gasteiger partial charge < -0.3 is 0 Å². The van der Waals surface area contributed by atoms with Crippen LogP contribution in [0.3, 0.4) is 0 Å². The van der Waals surface area contributed by atoms with E-state index in [0.717, 1.165) is 11.4 Å². The molecular formula is C11H15Cl2NS. The summed E-state index contributed by atoms with van der Waals surface area (Å²) in [7, 11) is 0. The maximum Gasteiger partial charge on any atom is 0.129 e. The van der Waals surface area contributed by atoms with E-state index in [1.54, 1.807) is 12.1 Å². The van der Waals surface area contributed by atoms with Gasteiger partial charge in [-0.2, -0.15) is 11.8 Å². The number of hydrogen-bond donors (Lipinski definition) is 0. The molecule has 1 atom stereocenters. The second-order valence-electron chi connectivity index (χ2n) is 3.82. The number of pyridine rings is 1. The first kappa shape index (κ1) is 13.1. The van der Waals surface area contributed by atoms with Gasteiger partial charge in [0.2, 0.25) is 0 Å². The molecule has 1 heterocycles. The summed E-state index contributed by atoms with van der Waals surface area (Å²) in [6.45, 7) is 6.64. The van der Waals surface area contributed by atoms with E-state index in [1.165, 1.54) is 0 Å². The number of halogens is 2. The predicted octanol–water partition coefficient (Wildman–Crippen LogP) is 4.67. The largest absolute Gasteiger partial charge is 0.239 e. The molecule has 0 fully saturated rings. The lowest BCUT2D eigenvalue weighted by molar-refractivity contribution is 0.642. The Balaban J connectivity index is 2.61. The monoisotopic (exact) mass is 263 g/mol. The normalized spacial score (nSPS) is 13.2. The van der Waals surface area contributed by atoms with E-state index < -0.39 is 0 Å². The van der Waals surface area contributed by atoms with Crippen LogP contribution in [0.5, 0.6) is 0 Å². The Kier molecular flexibility index (Phi) is 5.24. The third-order valence-electron chi connectivity index (χ3n) is 2.31. The predicted molar refractivity (Wildman–Crippen MR) is 69.9 cm³/mol. The van der Waals surface area contributed by atoms with Gasteiger partial charge in [0.05, 0.1) is 10.7 Å². The van der Waals surface area contributed by atoms with Gasteiger partial charge in [-0.3, -0.25) is 0 Å². The fourth-order valence-electron chi connectivity index (χ4n) is 0.962. The zero-order chi connectivity index (χ0) is 11.4. The molecule has 0 radical (unpaired) electrons. The Morgan fingerprint density at radius 1 is 1.27 bits per heavy atom. The summed E-state index contributed by atoms with van der Waals surface area (Å²) in [5.74, 6) is 1.48. The topological polar surface area (TPSA) is 12.9 Å². The summed E-state index contributed by atoms with van der Waals surface area (Å²) in [6, 6.07) is 3.51. The number of aromatic nitrogens is 1. The Morgan fingerprint density at radius 3 is 2.53 bits per heavy atom. The molecule has 0 amide bonds. The zero-order valence-electron chi connectivity index (χ0n) is 9.13. The lowest BCUT2D eigenvalue weighted by atomic mass is 10.2. The van der Waals surface area contributed by atoms with Crippen molar-refractivity contribution in [2.45, 2.75) is 31.8 Å². The first-order valence-electron chi connectivity index (χ1n) is 4.93. The van der Waals surface area contributed by atoms with Gasteiger partial charge in [-0.15, -0.1) is 0 Å². The quantitative estimate of drug-likeness (QED) is 0.733. The van der Waals surface area contributed by atoms with Gasteiger partial charge >= 0.3 is 0 Å². The van der Waals surface area contributed by atoms with Gasteiger partial charge in [-0.05, 0) is 18.1 Å². The zero-order valence-corrected chi connectivity index (χ0v) is 11.5. The molecular weight excluding hydrogens is 249 g/mol. The summed E-state index contributed by atoms with van der Waals surface area (Å²) in [5, 5.41) is 1.80. The average Bonchev–Trinajstić information content (AvgIpc) is 2.18. The Bertz CT molecular complexity index is 328. The molecule has 84 valence electrons. The van der Waals surface area contributed by atoms with Crippen molar-refractivity contribution in [2.24, 2.45) is 5.92 Å². The minimum absolute atomic E-state index is 0.507. The van der Waals surface area contributed by atoms with Gasteiger partial charge in [-0.1, -0.05) is 44.0 Å². The van der Waals surface area contributed by atoms with Gasteiger partial charge in [0.1, 0.15) is 5.15 Å². The molecule has 0 aliphatic rings. The second kappa shape index (κ2) is 5.97. The SMILES string of the molecule is CC(C)C(C)SCc1nc(Cl)ccc1Cl. The van der Waals surface area contributed by atoms with Crippen molar-refractivity contribution in [3.05, 3.63) is 28.0 Å². The van der Waals surface area contributed by atoms with E-state index in [-0.39, 0.29) is 0 Å². The van der Waals surface area contributed by atoms with Crippen LogP contribution in [0.25, 0.3) is 0 Å². The maximum absolute atomic E-state index is 6.02. The van der Waals surface area contributed by atoms with Gasteiger partial charge in [0, 0.05) is 11.0 Å². The van der Waals surface area contributed by atoms with Crippen LogP contribution in [0.4, 0.5) is 0 Å². The van der Waals surface area contributed by atoms with Crippen LogP contribution in [0.1, 0.15) is 26.5 Å². The van der Waals surface area contributed by atoms with Crippen LogP contribution in [-0.4, -0.2) is 10.2 Å². The number of thioether (sulfide) groups is 1. The standard InChI is InChI=1S/C11H15Cl2NS/c1-7(2)8(3)15-6-10-9(12)4-5-11(13)14-10/h4-5,7-8H,6H2,1-3H3. The van der Waals surface area contributed by atoms with Crippen LogP contribution in [0.2, 0.25) is 10.2 Å². The molecule has 0 aliphatic heterocycles. The number of nitrogens with zero attached hydrogens (tertiary/aromatic N) is 1. The minimum Gasteiger partial charge on any atom is -0.239 e. The molecule has 0 aromatic carbocycles. The molecule has 1 aromatic heterocycles. The molecule has 15 heavy (non-hydrogen) atoms. The minimum atomic E-state index is 0.507. The molecule has 1 aromatic rings. The summed E-state index contributed by atoms with van der Waals surface area (Å²) >= 11 is 13.7. The third kappa shape index (κ3) is 4.21. The van der Waals surface area contributed by atoms with Gasteiger partial charge in [-0.25, -0.2) is 4.98 Å². The third-order valence-corrected chi connectivity index (χ3v) is 4.37. The van der Waals surface area contributed by atoms with Crippen molar-refractivity contribution in [1.82, 2.24) is 4.98 Å². The molecule has 0 saturated heterocycles. The van der Waals surface area contributed by atoms with Crippen molar-refractivity contribution in [3.8, 4) is 0 Å².